The molecule has 3 rings (SSSR count). The van der Waals surface area contributed by atoms with Crippen molar-refractivity contribution in [1.82, 2.24) is 15.0 Å². The van der Waals surface area contributed by atoms with Crippen molar-refractivity contribution in [3.05, 3.63) is 83.7 Å². The Kier molecular flexibility index (Phi) is 6.52. The molecule has 0 saturated carbocycles. The number of carbonyl (C=O) groups is 2. The third-order valence-corrected chi connectivity index (χ3v) is 4.08. The third-order valence-electron chi connectivity index (χ3n) is 4.08. The third kappa shape index (κ3) is 6.14. The highest BCUT2D eigenvalue weighted by Crippen LogP contribution is 2.10. The first kappa shape index (κ1) is 20.0. The summed E-state index contributed by atoms with van der Waals surface area (Å²) in [5.41, 5.74) is 3.30. The van der Waals surface area contributed by atoms with E-state index in [0.717, 1.165) is 11.1 Å². The molecule has 3 aromatic rings. The van der Waals surface area contributed by atoms with Crippen molar-refractivity contribution in [2.45, 2.75) is 26.5 Å². The molecule has 1 heterocycles. The predicted molar refractivity (Wildman–Crippen MR) is 110 cm³/mol. The Morgan fingerprint density at radius 2 is 1.97 bits per heavy atom. The van der Waals surface area contributed by atoms with E-state index in [0.29, 0.717) is 17.9 Å². The average molecular weight is 390 g/mol. The highest BCUT2D eigenvalue weighted by molar-refractivity contribution is 5.96. The standard InChI is InChI=1S/C22H22N4O3/c1-16-7-6-10-19(13-16)23-22(28)17(2)29-21(27)12-11-20-15-26(25-24-20)14-18-8-4-3-5-9-18/h3-13,15,17H,14H2,1-2H3,(H,23,28)/b12-11+/t17-/m1/s1. The molecule has 0 bridgehead atoms. The molecule has 0 saturated heterocycles. The maximum absolute atomic E-state index is 12.2. The van der Waals surface area contributed by atoms with Gasteiger partial charge < -0.3 is 10.1 Å². The number of esters is 1. The molecule has 0 aliphatic carbocycles. The van der Waals surface area contributed by atoms with E-state index in [-0.39, 0.29) is 0 Å². The van der Waals surface area contributed by atoms with Crippen LogP contribution >= 0.6 is 0 Å². The summed E-state index contributed by atoms with van der Waals surface area (Å²) >= 11 is 0. The Bertz CT molecular complexity index is 1010. The summed E-state index contributed by atoms with van der Waals surface area (Å²) < 4.78 is 6.82. The van der Waals surface area contributed by atoms with Gasteiger partial charge in [0.15, 0.2) is 6.10 Å². The number of nitrogens with one attached hydrogen (secondary N) is 1. The normalized spacial score (nSPS) is 11.9. The zero-order valence-corrected chi connectivity index (χ0v) is 16.3. The van der Waals surface area contributed by atoms with Crippen LogP contribution in [0.3, 0.4) is 0 Å². The number of hydrogen-bond donors (Lipinski definition) is 1. The smallest absolute Gasteiger partial charge is 0.331 e. The van der Waals surface area contributed by atoms with Crippen LogP contribution in [0.4, 0.5) is 5.69 Å². The molecular formula is C22H22N4O3. The quantitative estimate of drug-likeness (QED) is 0.494. The number of aryl methyl sites for hydroxylation is 1. The largest absolute Gasteiger partial charge is 0.449 e. The molecule has 1 atom stereocenters. The van der Waals surface area contributed by atoms with Crippen molar-refractivity contribution in [2.24, 2.45) is 0 Å². The van der Waals surface area contributed by atoms with Crippen molar-refractivity contribution in [3.63, 3.8) is 0 Å². The number of aromatic nitrogens is 3. The number of rotatable bonds is 7. The predicted octanol–water partition coefficient (Wildman–Crippen LogP) is 3.22. The fourth-order valence-corrected chi connectivity index (χ4v) is 2.62. The van der Waals surface area contributed by atoms with Crippen LogP contribution in [0.1, 0.15) is 23.7 Å². The van der Waals surface area contributed by atoms with Gasteiger partial charge in [0.25, 0.3) is 5.91 Å². The molecule has 1 N–H and O–H groups in total. The fourth-order valence-electron chi connectivity index (χ4n) is 2.62. The van der Waals surface area contributed by atoms with Gasteiger partial charge in [0.2, 0.25) is 0 Å². The van der Waals surface area contributed by atoms with E-state index in [1.165, 1.54) is 19.1 Å². The van der Waals surface area contributed by atoms with Crippen molar-refractivity contribution in [3.8, 4) is 0 Å². The van der Waals surface area contributed by atoms with E-state index in [1.54, 1.807) is 16.9 Å². The molecule has 7 nitrogen and oxygen atoms in total. The molecule has 0 radical (unpaired) electrons. The van der Waals surface area contributed by atoms with Gasteiger partial charge in [-0.3, -0.25) is 4.79 Å². The van der Waals surface area contributed by atoms with Gasteiger partial charge >= 0.3 is 5.97 Å². The number of amides is 1. The lowest BCUT2D eigenvalue weighted by molar-refractivity contribution is -0.148. The molecule has 1 aromatic heterocycles. The number of nitrogens with zero attached hydrogens (tertiary/aromatic N) is 3. The topological polar surface area (TPSA) is 86.1 Å². The van der Waals surface area contributed by atoms with Crippen LogP contribution in [0.2, 0.25) is 0 Å². The van der Waals surface area contributed by atoms with Gasteiger partial charge in [0, 0.05) is 11.8 Å². The summed E-state index contributed by atoms with van der Waals surface area (Å²) in [6.45, 7) is 4.04. The molecule has 2 aromatic carbocycles. The summed E-state index contributed by atoms with van der Waals surface area (Å²) in [7, 11) is 0. The molecule has 1 amide bonds. The molecule has 148 valence electrons. The lowest BCUT2D eigenvalue weighted by Crippen LogP contribution is -2.29. The van der Waals surface area contributed by atoms with Gasteiger partial charge in [-0.05, 0) is 43.2 Å². The summed E-state index contributed by atoms with van der Waals surface area (Å²) in [5.74, 6) is -1.03. The molecule has 0 aliphatic heterocycles. The van der Waals surface area contributed by atoms with Crippen molar-refractivity contribution in [2.75, 3.05) is 5.32 Å². The molecule has 0 fully saturated rings. The Balaban J connectivity index is 1.50. The van der Waals surface area contributed by atoms with E-state index in [4.69, 9.17) is 4.74 Å². The molecular weight excluding hydrogens is 368 g/mol. The van der Waals surface area contributed by atoms with Crippen LogP contribution in [0.5, 0.6) is 0 Å². The molecule has 0 spiro atoms. The first-order chi connectivity index (χ1) is 14.0. The van der Waals surface area contributed by atoms with Crippen LogP contribution in [-0.4, -0.2) is 33.0 Å². The minimum absolute atomic E-state index is 0.397. The van der Waals surface area contributed by atoms with E-state index >= 15 is 0 Å². The SMILES string of the molecule is Cc1cccc(NC(=O)[C@@H](C)OC(=O)/C=C/c2cn(Cc3ccccc3)nn2)c1. The second kappa shape index (κ2) is 9.45. The van der Waals surface area contributed by atoms with Crippen molar-refractivity contribution >= 4 is 23.6 Å². The molecule has 7 heteroatoms. The van der Waals surface area contributed by atoms with Crippen LogP contribution in [-0.2, 0) is 20.9 Å². The second-order valence-corrected chi connectivity index (χ2v) is 6.60. The minimum atomic E-state index is -0.929. The van der Waals surface area contributed by atoms with E-state index in [9.17, 15) is 9.59 Å². The number of benzene rings is 2. The minimum Gasteiger partial charge on any atom is -0.449 e. The highest BCUT2D eigenvalue weighted by atomic mass is 16.5. The maximum atomic E-state index is 12.2. The summed E-state index contributed by atoms with van der Waals surface area (Å²) in [6, 6.07) is 17.2. The number of ether oxygens (including phenoxy) is 1. The van der Waals surface area contributed by atoms with Crippen LogP contribution < -0.4 is 5.32 Å². The molecule has 29 heavy (non-hydrogen) atoms. The van der Waals surface area contributed by atoms with Crippen LogP contribution in [0.15, 0.2) is 66.9 Å². The number of anilines is 1. The summed E-state index contributed by atoms with van der Waals surface area (Å²) in [4.78, 5) is 24.2. The van der Waals surface area contributed by atoms with E-state index in [2.05, 4.69) is 15.6 Å². The van der Waals surface area contributed by atoms with Gasteiger partial charge in [0.1, 0.15) is 5.69 Å². The number of carbonyl (C=O) groups excluding carboxylic acids is 2. The Labute approximate surface area is 169 Å². The summed E-state index contributed by atoms with van der Waals surface area (Å²) in [6.07, 6.45) is 3.53. The lowest BCUT2D eigenvalue weighted by atomic mass is 10.2. The van der Waals surface area contributed by atoms with Gasteiger partial charge in [0.05, 0.1) is 12.7 Å². The lowest BCUT2D eigenvalue weighted by Gasteiger charge is -2.12. The average Bonchev–Trinajstić information content (AvgIpc) is 3.14. The van der Waals surface area contributed by atoms with Gasteiger partial charge in [-0.2, -0.15) is 0 Å². The van der Waals surface area contributed by atoms with Crippen LogP contribution in [0, 0.1) is 6.92 Å². The Morgan fingerprint density at radius 3 is 2.72 bits per heavy atom. The monoisotopic (exact) mass is 390 g/mol. The van der Waals surface area contributed by atoms with Crippen molar-refractivity contribution in [1.29, 1.82) is 0 Å². The molecule has 0 unspecified atom stereocenters. The zero-order chi connectivity index (χ0) is 20.6. The van der Waals surface area contributed by atoms with Crippen LogP contribution in [0.25, 0.3) is 6.08 Å². The zero-order valence-electron chi connectivity index (χ0n) is 16.3. The van der Waals surface area contributed by atoms with Gasteiger partial charge in [-0.25, -0.2) is 9.48 Å². The van der Waals surface area contributed by atoms with E-state index < -0.39 is 18.0 Å². The Hall–Kier alpha value is -3.74. The summed E-state index contributed by atoms with van der Waals surface area (Å²) in [5, 5.41) is 10.8. The van der Waals surface area contributed by atoms with Gasteiger partial charge in [-0.15, -0.1) is 5.10 Å². The van der Waals surface area contributed by atoms with E-state index in [1.807, 2.05) is 55.5 Å². The fraction of sp³-hybridized carbons (Fsp3) is 0.182. The first-order valence-electron chi connectivity index (χ1n) is 9.20. The van der Waals surface area contributed by atoms with Crippen molar-refractivity contribution < 1.29 is 14.3 Å². The second-order valence-electron chi connectivity index (χ2n) is 6.60. The Morgan fingerprint density at radius 1 is 1.17 bits per heavy atom. The number of hydrogen-bond acceptors (Lipinski definition) is 5. The first-order valence-corrected chi connectivity index (χ1v) is 9.20. The van der Waals surface area contributed by atoms with Gasteiger partial charge in [-0.1, -0.05) is 47.7 Å². The highest BCUT2D eigenvalue weighted by Gasteiger charge is 2.16. The maximum Gasteiger partial charge on any atom is 0.331 e. The molecule has 0 aliphatic rings.